The normalized spacial score (nSPS) is 11.0. The Labute approximate surface area is 182 Å². The molecule has 0 aliphatic rings. The van der Waals surface area contributed by atoms with Gasteiger partial charge in [0.25, 0.3) is 0 Å². The molecule has 0 saturated carbocycles. The highest BCUT2D eigenvalue weighted by Crippen LogP contribution is 2.21. The standard InChI is InChI=1S/C23H29N5O3/c1-16(2)17-5-7-18(8-6-17)23-26-22(31-27-23)12-11-21(29)25-20-10-9-19(15-24-20)28(3)13-14-30-4/h5-10,15-16H,11-14H2,1-4H3,(H,24,25,29). The Morgan fingerprint density at radius 1 is 1.19 bits per heavy atom. The summed E-state index contributed by atoms with van der Waals surface area (Å²) in [5.74, 6) is 1.77. The maximum absolute atomic E-state index is 12.3. The van der Waals surface area contributed by atoms with E-state index < -0.39 is 0 Å². The summed E-state index contributed by atoms with van der Waals surface area (Å²) in [6.07, 6.45) is 2.31. The van der Waals surface area contributed by atoms with Gasteiger partial charge in [0.2, 0.25) is 17.6 Å². The molecule has 1 N–H and O–H groups in total. The van der Waals surface area contributed by atoms with E-state index in [2.05, 4.69) is 46.4 Å². The highest BCUT2D eigenvalue weighted by Gasteiger charge is 2.12. The van der Waals surface area contributed by atoms with Crippen LogP contribution in [0.1, 0.15) is 37.6 Å². The number of carbonyl (C=O) groups excluding carboxylic acids is 1. The van der Waals surface area contributed by atoms with Gasteiger partial charge in [-0.25, -0.2) is 4.98 Å². The zero-order chi connectivity index (χ0) is 22.2. The summed E-state index contributed by atoms with van der Waals surface area (Å²) in [7, 11) is 3.63. The average molecular weight is 424 g/mol. The predicted octanol–water partition coefficient (Wildman–Crippen LogP) is 3.91. The van der Waals surface area contributed by atoms with E-state index in [1.54, 1.807) is 19.4 Å². The van der Waals surface area contributed by atoms with E-state index in [1.165, 1.54) is 5.56 Å². The number of methoxy groups -OCH3 is 1. The van der Waals surface area contributed by atoms with Gasteiger partial charge in [-0.15, -0.1) is 0 Å². The van der Waals surface area contributed by atoms with Crippen molar-refractivity contribution < 1.29 is 14.1 Å². The lowest BCUT2D eigenvalue weighted by molar-refractivity contribution is -0.116. The lowest BCUT2D eigenvalue weighted by Crippen LogP contribution is -2.22. The maximum atomic E-state index is 12.3. The van der Waals surface area contributed by atoms with Crippen LogP contribution in [-0.4, -0.2) is 48.3 Å². The summed E-state index contributed by atoms with van der Waals surface area (Å²) >= 11 is 0. The molecule has 0 saturated heterocycles. The molecule has 164 valence electrons. The fourth-order valence-corrected chi connectivity index (χ4v) is 2.96. The molecule has 0 aliphatic heterocycles. The Morgan fingerprint density at radius 2 is 1.97 bits per heavy atom. The second kappa shape index (κ2) is 10.7. The van der Waals surface area contributed by atoms with E-state index in [0.29, 0.717) is 36.5 Å². The zero-order valence-electron chi connectivity index (χ0n) is 18.5. The second-order valence-corrected chi connectivity index (χ2v) is 7.65. The highest BCUT2D eigenvalue weighted by atomic mass is 16.5. The number of likely N-dealkylation sites (N-methyl/N-ethyl adjacent to an activating group) is 1. The van der Waals surface area contributed by atoms with Crippen LogP contribution >= 0.6 is 0 Å². The van der Waals surface area contributed by atoms with Crippen LogP contribution in [0.25, 0.3) is 11.4 Å². The van der Waals surface area contributed by atoms with Crippen molar-refractivity contribution in [2.24, 2.45) is 0 Å². The Balaban J connectivity index is 1.50. The third-order valence-electron chi connectivity index (χ3n) is 4.96. The van der Waals surface area contributed by atoms with Gasteiger partial charge < -0.3 is 19.5 Å². The van der Waals surface area contributed by atoms with Crippen molar-refractivity contribution in [1.29, 1.82) is 0 Å². The molecule has 2 aromatic heterocycles. The first-order valence-corrected chi connectivity index (χ1v) is 10.3. The summed E-state index contributed by atoms with van der Waals surface area (Å²) < 4.78 is 10.4. The summed E-state index contributed by atoms with van der Waals surface area (Å²) in [6.45, 7) is 5.70. The molecular formula is C23H29N5O3. The van der Waals surface area contributed by atoms with Crippen LogP contribution in [0, 0.1) is 0 Å². The van der Waals surface area contributed by atoms with Gasteiger partial charge in [-0.1, -0.05) is 43.3 Å². The number of carbonyl (C=O) groups is 1. The van der Waals surface area contributed by atoms with E-state index in [0.717, 1.165) is 17.8 Å². The van der Waals surface area contributed by atoms with Crippen LogP contribution in [0.5, 0.6) is 0 Å². The molecule has 2 heterocycles. The first kappa shape index (κ1) is 22.4. The number of hydrogen-bond donors (Lipinski definition) is 1. The fourth-order valence-electron chi connectivity index (χ4n) is 2.96. The minimum Gasteiger partial charge on any atom is -0.383 e. The van der Waals surface area contributed by atoms with E-state index in [9.17, 15) is 4.79 Å². The molecular weight excluding hydrogens is 394 g/mol. The third kappa shape index (κ3) is 6.36. The molecule has 8 nitrogen and oxygen atoms in total. The topological polar surface area (TPSA) is 93.4 Å². The average Bonchev–Trinajstić information content (AvgIpc) is 3.26. The first-order chi connectivity index (χ1) is 15.0. The van der Waals surface area contributed by atoms with E-state index in [-0.39, 0.29) is 12.3 Å². The smallest absolute Gasteiger partial charge is 0.227 e. The summed E-state index contributed by atoms with van der Waals surface area (Å²) in [4.78, 5) is 23.0. The molecule has 0 spiro atoms. The van der Waals surface area contributed by atoms with Gasteiger partial charge >= 0.3 is 0 Å². The quantitative estimate of drug-likeness (QED) is 0.528. The molecule has 1 aromatic carbocycles. The first-order valence-electron chi connectivity index (χ1n) is 10.3. The molecule has 3 rings (SSSR count). The van der Waals surface area contributed by atoms with Crippen molar-refractivity contribution in [3.05, 3.63) is 54.0 Å². The Morgan fingerprint density at radius 3 is 2.61 bits per heavy atom. The SMILES string of the molecule is COCCN(C)c1ccc(NC(=O)CCc2nc(-c3ccc(C(C)C)cc3)no2)nc1. The van der Waals surface area contributed by atoms with Crippen LogP contribution in [0.3, 0.4) is 0 Å². The molecule has 0 aliphatic carbocycles. The van der Waals surface area contributed by atoms with Crippen LogP contribution < -0.4 is 10.2 Å². The van der Waals surface area contributed by atoms with Crippen molar-refractivity contribution in [1.82, 2.24) is 15.1 Å². The highest BCUT2D eigenvalue weighted by molar-refractivity contribution is 5.89. The largest absolute Gasteiger partial charge is 0.383 e. The van der Waals surface area contributed by atoms with Crippen molar-refractivity contribution in [2.45, 2.75) is 32.6 Å². The third-order valence-corrected chi connectivity index (χ3v) is 4.96. The Bertz CT molecular complexity index is 968. The van der Waals surface area contributed by atoms with E-state index in [4.69, 9.17) is 9.26 Å². The van der Waals surface area contributed by atoms with Gasteiger partial charge in [-0.05, 0) is 23.6 Å². The molecule has 31 heavy (non-hydrogen) atoms. The lowest BCUT2D eigenvalue weighted by atomic mass is 10.0. The molecule has 0 atom stereocenters. The molecule has 0 fully saturated rings. The van der Waals surface area contributed by atoms with E-state index >= 15 is 0 Å². The number of ether oxygens (including phenoxy) is 1. The van der Waals surface area contributed by atoms with Crippen LogP contribution in [-0.2, 0) is 16.0 Å². The number of rotatable bonds is 10. The van der Waals surface area contributed by atoms with Crippen LogP contribution in [0.4, 0.5) is 11.5 Å². The van der Waals surface area contributed by atoms with Gasteiger partial charge in [0, 0.05) is 39.1 Å². The number of hydrogen-bond acceptors (Lipinski definition) is 7. The van der Waals surface area contributed by atoms with Gasteiger partial charge in [0.15, 0.2) is 0 Å². The maximum Gasteiger partial charge on any atom is 0.227 e. The van der Waals surface area contributed by atoms with Crippen LogP contribution in [0.2, 0.25) is 0 Å². The molecule has 1 amide bonds. The fraction of sp³-hybridized carbons (Fsp3) is 0.391. The summed E-state index contributed by atoms with van der Waals surface area (Å²) in [6, 6.07) is 11.8. The van der Waals surface area contributed by atoms with Crippen molar-refractivity contribution >= 4 is 17.4 Å². The molecule has 0 radical (unpaired) electrons. The van der Waals surface area contributed by atoms with Gasteiger partial charge in [0.05, 0.1) is 18.5 Å². The van der Waals surface area contributed by atoms with Crippen LogP contribution in [0.15, 0.2) is 47.1 Å². The number of aromatic nitrogens is 3. The van der Waals surface area contributed by atoms with Crippen molar-refractivity contribution in [2.75, 3.05) is 37.5 Å². The number of nitrogens with one attached hydrogen (secondary N) is 1. The van der Waals surface area contributed by atoms with Gasteiger partial charge in [-0.2, -0.15) is 4.98 Å². The molecule has 3 aromatic rings. The number of anilines is 2. The van der Waals surface area contributed by atoms with Crippen molar-refractivity contribution in [3.63, 3.8) is 0 Å². The molecule has 0 unspecified atom stereocenters. The molecule has 0 bridgehead atoms. The Hall–Kier alpha value is -3.26. The summed E-state index contributed by atoms with van der Waals surface area (Å²) in [5.41, 5.74) is 3.10. The second-order valence-electron chi connectivity index (χ2n) is 7.65. The minimum atomic E-state index is -0.158. The number of nitrogens with zero attached hydrogens (tertiary/aromatic N) is 4. The van der Waals surface area contributed by atoms with Gasteiger partial charge in [0.1, 0.15) is 5.82 Å². The van der Waals surface area contributed by atoms with Gasteiger partial charge in [-0.3, -0.25) is 4.79 Å². The number of pyridine rings is 1. The number of benzene rings is 1. The van der Waals surface area contributed by atoms with E-state index in [1.807, 2.05) is 30.1 Å². The number of aryl methyl sites for hydroxylation is 1. The Kier molecular flexibility index (Phi) is 7.72. The van der Waals surface area contributed by atoms with Crippen molar-refractivity contribution in [3.8, 4) is 11.4 Å². The summed E-state index contributed by atoms with van der Waals surface area (Å²) in [5, 5.41) is 6.82. The predicted molar refractivity (Wildman–Crippen MR) is 120 cm³/mol. The lowest BCUT2D eigenvalue weighted by Gasteiger charge is -2.18. The zero-order valence-corrected chi connectivity index (χ0v) is 18.5. The monoisotopic (exact) mass is 423 g/mol. The minimum absolute atomic E-state index is 0.158. The molecule has 8 heteroatoms. The number of amides is 1.